The van der Waals surface area contributed by atoms with Crippen LogP contribution in [0.5, 0.6) is 5.75 Å². The van der Waals surface area contributed by atoms with Gasteiger partial charge in [0, 0.05) is 37.8 Å². The van der Waals surface area contributed by atoms with Crippen LogP contribution in [0, 0.1) is 5.92 Å². The van der Waals surface area contributed by atoms with Gasteiger partial charge in [-0.15, -0.1) is 0 Å². The Balaban J connectivity index is 1.50. The molecule has 1 aromatic carbocycles. The second-order valence-corrected chi connectivity index (χ2v) is 6.63. The minimum atomic E-state index is -2.88. The molecular formula is C18H23F2N3O3. The average molecular weight is 367 g/mol. The quantitative estimate of drug-likeness (QED) is 0.889. The first kappa shape index (κ1) is 18.4. The van der Waals surface area contributed by atoms with E-state index in [-0.39, 0.29) is 23.6 Å². The number of carbonyl (C=O) groups excluding carboxylic acids is 2. The number of amides is 3. The van der Waals surface area contributed by atoms with Crippen LogP contribution in [-0.2, 0) is 4.79 Å². The zero-order chi connectivity index (χ0) is 18.5. The predicted octanol–water partition coefficient (Wildman–Crippen LogP) is 3.15. The number of alkyl halides is 2. The van der Waals surface area contributed by atoms with Crippen LogP contribution in [0.2, 0.25) is 0 Å². The zero-order valence-corrected chi connectivity index (χ0v) is 14.5. The summed E-state index contributed by atoms with van der Waals surface area (Å²) >= 11 is 0. The standard InChI is InChI=1S/C18H23F2N3O3/c19-17(20)26-15-7-5-14(6-8-15)21-18(25)23-10-2-9-22(11-12-23)16(24)13-3-1-4-13/h5-8,13,17H,1-4,9-12H2,(H,21,25). The SMILES string of the molecule is O=C(Nc1ccc(OC(F)F)cc1)N1CCCN(C(=O)C2CCC2)CC1. The molecule has 3 rings (SSSR count). The van der Waals surface area contributed by atoms with E-state index in [0.717, 1.165) is 25.7 Å². The van der Waals surface area contributed by atoms with Crippen LogP contribution in [0.25, 0.3) is 0 Å². The second kappa shape index (κ2) is 8.33. The van der Waals surface area contributed by atoms with Crippen LogP contribution >= 0.6 is 0 Å². The van der Waals surface area contributed by atoms with Crippen LogP contribution in [0.15, 0.2) is 24.3 Å². The first-order valence-electron chi connectivity index (χ1n) is 8.92. The molecule has 0 bridgehead atoms. The van der Waals surface area contributed by atoms with Gasteiger partial charge in [-0.2, -0.15) is 8.78 Å². The van der Waals surface area contributed by atoms with Crippen LogP contribution in [0.4, 0.5) is 19.3 Å². The molecule has 2 aliphatic rings. The minimum absolute atomic E-state index is 0.0397. The van der Waals surface area contributed by atoms with Gasteiger partial charge in [-0.05, 0) is 43.5 Å². The largest absolute Gasteiger partial charge is 0.435 e. The molecule has 1 aromatic rings. The third kappa shape index (κ3) is 4.62. The molecule has 8 heteroatoms. The monoisotopic (exact) mass is 367 g/mol. The lowest BCUT2D eigenvalue weighted by molar-refractivity contribution is -0.138. The molecule has 0 unspecified atom stereocenters. The van der Waals surface area contributed by atoms with E-state index in [9.17, 15) is 18.4 Å². The highest BCUT2D eigenvalue weighted by Gasteiger charge is 2.30. The number of rotatable bonds is 4. The van der Waals surface area contributed by atoms with Crippen molar-refractivity contribution < 1.29 is 23.1 Å². The summed E-state index contributed by atoms with van der Waals surface area (Å²) in [4.78, 5) is 28.3. The van der Waals surface area contributed by atoms with Gasteiger partial charge >= 0.3 is 12.6 Å². The van der Waals surface area contributed by atoms with Gasteiger partial charge in [0.15, 0.2) is 0 Å². The Morgan fingerprint density at radius 1 is 1.00 bits per heavy atom. The van der Waals surface area contributed by atoms with E-state index in [4.69, 9.17) is 0 Å². The smallest absolute Gasteiger partial charge is 0.387 e. The van der Waals surface area contributed by atoms with Crippen molar-refractivity contribution in [3.05, 3.63) is 24.3 Å². The molecule has 0 radical (unpaired) electrons. The van der Waals surface area contributed by atoms with Crippen molar-refractivity contribution in [2.24, 2.45) is 5.92 Å². The fourth-order valence-corrected chi connectivity index (χ4v) is 3.18. The molecule has 0 aromatic heterocycles. The normalized spacial score (nSPS) is 18.3. The van der Waals surface area contributed by atoms with Gasteiger partial charge in [0.2, 0.25) is 5.91 Å². The number of urea groups is 1. The number of benzene rings is 1. The lowest BCUT2D eigenvalue weighted by Gasteiger charge is -2.31. The molecule has 2 fully saturated rings. The Morgan fingerprint density at radius 2 is 1.65 bits per heavy atom. The van der Waals surface area contributed by atoms with E-state index in [0.29, 0.717) is 31.9 Å². The van der Waals surface area contributed by atoms with Gasteiger partial charge < -0.3 is 19.9 Å². The molecule has 1 heterocycles. The Hall–Kier alpha value is -2.38. The lowest BCUT2D eigenvalue weighted by Crippen LogP contribution is -2.42. The molecule has 1 aliphatic heterocycles. The van der Waals surface area contributed by atoms with E-state index >= 15 is 0 Å². The summed E-state index contributed by atoms with van der Waals surface area (Å²) in [6, 6.07) is 5.53. The third-order valence-electron chi connectivity index (χ3n) is 4.88. The fraction of sp³-hybridized carbons (Fsp3) is 0.556. The maximum absolute atomic E-state index is 12.4. The lowest BCUT2D eigenvalue weighted by atomic mass is 9.84. The predicted molar refractivity (Wildman–Crippen MR) is 92.2 cm³/mol. The summed E-state index contributed by atoms with van der Waals surface area (Å²) in [5.74, 6) is 0.426. The van der Waals surface area contributed by atoms with Crippen molar-refractivity contribution in [2.75, 3.05) is 31.5 Å². The molecule has 1 N–H and O–H groups in total. The van der Waals surface area contributed by atoms with Crippen molar-refractivity contribution in [2.45, 2.75) is 32.3 Å². The maximum Gasteiger partial charge on any atom is 0.387 e. The van der Waals surface area contributed by atoms with Gasteiger partial charge in [-0.3, -0.25) is 4.79 Å². The molecule has 1 saturated heterocycles. The fourth-order valence-electron chi connectivity index (χ4n) is 3.18. The van der Waals surface area contributed by atoms with Crippen molar-refractivity contribution in [1.82, 2.24) is 9.80 Å². The van der Waals surface area contributed by atoms with Gasteiger partial charge in [0.1, 0.15) is 5.75 Å². The molecular weight excluding hydrogens is 344 g/mol. The average Bonchev–Trinajstić information content (AvgIpc) is 2.80. The van der Waals surface area contributed by atoms with Gasteiger partial charge in [-0.1, -0.05) is 6.42 Å². The van der Waals surface area contributed by atoms with Gasteiger partial charge in [0.05, 0.1) is 0 Å². The molecule has 26 heavy (non-hydrogen) atoms. The Morgan fingerprint density at radius 3 is 2.27 bits per heavy atom. The number of ether oxygens (including phenoxy) is 1. The molecule has 142 valence electrons. The first-order chi connectivity index (χ1) is 12.5. The number of hydrogen-bond acceptors (Lipinski definition) is 3. The highest BCUT2D eigenvalue weighted by atomic mass is 19.3. The van der Waals surface area contributed by atoms with Gasteiger partial charge in [-0.25, -0.2) is 4.79 Å². The van der Waals surface area contributed by atoms with Crippen molar-refractivity contribution in [3.63, 3.8) is 0 Å². The van der Waals surface area contributed by atoms with E-state index in [2.05, 4.69) is 10.1 Å². The number of anilines is 1. The minimum Gasteiger partial charge on any atom is -0.435 e. The Labute approximate surface area is 151 Å². The van der Waals surface area contributed by atoms with E-state index in [1.165, 1.54) is 24.3 Å². The van der Waals surface area contributed by atoms with E-state index < -0.39 is 6.61 Å². The van der Waals surface area contributed by atoms with Gasteiger partial charge in [0.25, 0.3) is 0 Å². The summed E-state index contributed by atoms with van der Waals surface area (Å²) in [7, 11) is 0. The van der Waals surface area contributed by atoms with Crippen LogP contribution in [0.3, 0.4) is 0 Å². The topological polar surface area (TPSA) is 61.9 Å². The zero-order valence-electron chi connectivity index (χ0n) is 14.5. The summed E-state index contributed by atoms with van der Waals surface area (Å²) in [6.07, 6.45) is 3.82. The highest BCUT2D eigenvalue weighted by Crippen LogP contribution is 2.28. The number of carbonyl (C=O) groups is 2. The second-order valence-electron chi connectivity index (χ2n) is 6.63. The number of halogens is 2. The van der Waals surface area contributed by atoms with Crippen molar-refractivity contribution >= 4 is 17.6 Å². The molecule has 1 aliphatic carbocycles. The summed E-state index contributed by atoms with van der Waals surface area (Å²) < 4.78 is 28.6. The number of hydrogen-bond donors (Lipinski definition) is 1. The van der Waals surface area contributed by atoms with E-state index in [1.54, 1.807) is 4.90 Å². The Kier molecular flexibility index (Phi) is 5.90. The number of nitrogens with one attached hydrogen (secondary N) is 1. The first-order valence-corrected chi connectivity index (χ1v) is 8.92. The Bertz CT molecular complexity index is 635. The maximum atomic E-state index is 12.4. The summed E-state index contributed by atoms with van der Waals surface area (Å²) in [5, 5.41) is 2.75. The molecule has 0 atom stereocenters. The molecule has 0 spiro atoms. The third-order valence-corrected chi connectivity index (χ3v) is 4.88. The molecule has 1 saturated carbocycles. The molecule has 6 nitrogen and oxygen atoms in total. The van der Waals surface area contributed by atoms with Crippen LogP contribution in [0.1, 0.15) is 25.7 Å². The van der Waals surface area contributed by atoms with E-state index in [1.807, 2.05) is 4.90 Å². The summed E-state index contributed by atoms with van der Waals surface area (Å²) in [6.45, 7) is -0.593. The van der Waals surface area contributed by atoms with Crippen LogP contribution in [-0.4, -0.2) is 54.5 Å². The number of nitrogens with zero attached hydrogens (tertiary/aromatic N) is 2. The van der Waals surface area contributed by atoms with Crippen molar-refractivity contribution in [1.29, 1.82) is 0 Å². The molecule has 3 amide bonds. The van der Waals surface area contributed by atoms with Crippen molar-refractivity contribution in [3.8, 4) is 5.75 Å². The van der Waals surface area contributed by atoms with Crippen LogP contribution < -0.4 is 10.1 Å². The summed E-state index contributed by atoms with van der Waals surface area (Å²) in [5.41, 5.74) is 0.503. The highest BCUT2D eigenvalue weighted by molar-refractivity contribution is 5.89.